The van der Waals surface area contributed by atoms with E-state index in [0.29, 0.717) is 43.4 Å². The molecule has 0 radical (unpaired) electrons. The quantitative estimate of drug-likeness (QED) is 0.205. The number of benzene rings is 3. The Labute approximate surface area is 236 Å². The molecule has 1 fully saturated rings. The fraction of sp³-hybridized carbons (Fsp3) is 0.207. The van der Waals surface area contributed by atoms with E-state index in [1.54, 1.807) is 4.90 Å². The summed E-state index contributed by atoms with van der Waals surface area (Å²) >= 11 is 12.3. The van der Waals surface area contributed by atoms with Crippen LogP contribution in [-0.2, 0) is 6.42 Å². The van der Waals surface area contributed by atoms with Crippen LogP contribution in [0.25, 0.3) is 11.4 Å². The van der Waals surface area contributed by atoms with E-state index >= 15 is 0 Å². The van der Waals surface area contributed by atoms with Crippen LogP contribution in [0.1, 0.15) is 27.2 Å². The highest BCUT2D eigenvalue weighted by Gasteiger charge is 2.27. The largest absolute Gasteiger partial charge is 0.353 e. The molecule has 3 aromatic carbocycles. The molecule has 10 heteroatoms. The number of nitro groups is 1. The predicted molar refractivity (Wildman–Crippen MR) is 153 cm³/mol. The second kappa shape index (κ2) is 11.4. The number of nitro benzene ring substituents is 1. The van der Waals surface area contributed by atoms with Gasteiger partial charge in [-0.3, -0.25) is 14.9 Å². The second-order valence-corrected chi connectivity index (χ2v) is 10.1. The summed E-state index contributed by atoms with van der Waals surface area (Å²) in [5.41, 5.74) is 4.05. The third-order valence-corrected chi connectivity index (χ3v) is 7.34. The topological polar surface area (TPSA) is 92.5 Å². The van der Waals surface area contributed by atoms with Crippen LogP contribution in [0.4, 0.5) is 11.5 Å². The van der Waals surface area contributed by atoms with Crippen LogP contribution in [0, 0.1) is 17.0 Å². The van der Waals surface area contributed by atoms with E-state index in [9.17, 15) is 14.9 Å². The highest BCUT2D eigenvalue weighted by Crippen LogP contribution is 2.30. The highest BCUT2D eigenvalue weighted by molar-refractivity contribution is 6.34. The van der Waals surface area contributed by atoms with Gasteiger partial charge in [0.05, 0.1) is 15.5 Å². The van der Waals surface area contributed by atoms with Crippen molar-refractivity contribution in [3.05, 3.63) is 115 Å². The van der Waals surface area contributed by atoms with Crippen molar-refractivity contribution in [2.45, 2.75) is 13.3 Å². The molecule has 5 rings (SSSR count). The molecule has 0 aliphatic carbocycles. The van der Waals surface area contributed by atoms with Crippen molar-refractivity contribution < 1.29 is 9.72 Å². The Morgan fingerprint density at radius 2 is 1.64 bits per heavy atom. The van der Waals surface area contributed by atoms with Crippen molar-refractivity contribution in [2.75, 3.05) is 31.1 Å². The summed E-state index contributed by atoms with van der Waals surface area (Å²) in [6, 6.07) is 21.5. The number of aromatic nitrogens is 2. The molecular formula is C29H25Cl2N5O3. The molecule has 1 aliphatic heterocycles. The molecule has 0 N–H and O–H groups in total. The standard InChI is InChI=1S/C29H25Cl2N5O3/c1-19-25(17-20-7-9-22(30)10-8-20)28(33-27(32-19)21-5-3-2-4-6-21)34-13-15-35(16-14-34)29(37)24-12-11-23(36(38)39)18-26(24)31/h2-12,18H,13-17H2,1H3. The molecule has 0 saturated carbocycles. The third kappa shape index (κ3) is 5.87. The van der Waals surface area contributed by atoms with Crippen molar-refractivity contribution >= 4 is 40.6 Å². The molecule has 4 aromatic rings. The number of rotatable bonds is 6. The Balaban J connectivity index is 1.41. The fourth-order valence-corrected chi connectivity index (χ4v) is 5.04. The summed E-state index contributed by atoms with van der Waals surface area (Å²) in [5, 5.41) is 11.8. The van der Waals surface area contributed by atoms with Crippen molar-refractivity contribution in [3.8, 4) is 11.4 Å². The normalized spacial score (nSPS) is 13.4. The lowest BCUT2D eigenvalue weighted by molar-refractivity contribution is -0.384. The second-order valence-electron chi connectivity index (χ2n) is 9.30. The highest BCUT2D eigenvalue weighted by atomic mass is 35.5. The van der Waals surface area contributed by atoms with Gasteiger partial charge >= 0.3 is 0 Å². The van der Waals surface area contributed by atoms with Gasteiger partial charge in [0.15, 0.2) is 5.82 Å². The molecule has 0 unspecified atom stereocenters. The minimum atomic E-state index is -0.534. The summed E-state index contributed by atoms with van der Waals surface area (Å²) in [6.45, 7) is 4.04. The Kier molecular flexibility index (Phi) is 7.77. The zero-order valence-corrected chi connectivity index (χ0v) is 22.7. The average Bonchev–Trinajstić information content (AvgIpc) is 2.95. The first-order chi connectivity index (χ1) is 18.8. The Morgan fingerprint density at radius 1 is 0.949 bits per heavy atom. The molecular weight excluding hydrogens is 537 g/mol. The number of non-ortho nitro benzene ring substituents is 1. The van der Waals surface area contributed by atoms with Gasteiger partial charge in [-0.05, 0) is 30.7 Å². The number of halogens is 2. The lowest BCUT2D eigenvalue weighted by atomic mass is 10.0. The molecule has 1 aliphatic rings. The van der Waals surface area contributed by atoms with Gasteiger partial charge in [-0.15, -0.1) is 0 Å². The van der Waals surface area contributed by atoms with Crippen LogP contribution in [0.3, 0.4) is 0 Å². The molecule has 2 heterocycles. The Hall–Kier alpha value is -4.01. The van der Waals surface area contributed by atoms with Crippen molar-refractivity contribution in [1.29, 1.82) is 0 Å². The van der Waals surface area contributed by atoms with Gasteiger partial charge in [-0.2, -0.15) is 0 Å². The number of aryl methyl sites for hydroxylation is 1. The van der Waals surface area contributed by atoms with E-state index < -0.39 is 4.92 Å². The number of piperazine rings is 1. The van der Waals surface area contributed by atoms with Crippen LogP contribution in [0.15, 0.2) is 72.8 Å². The maximum atomic E-state index is 13.2. The first-order valence-corrected chi connectivity index (χ1v) is 13.2. The zero-order valence-electron chi connectivity index (χ0n) is 21.2. The number of nitrogens with zero attached hydrogens (tertiary/aromatic N) is 5. The first kappa shape index (κ1) is 26.6. The zero-order chi connectivity index (χ0) is 27.5. The van der Waals surface area contributed by atoms with E-state index in [2.05, 4.69) is 4.90 Å². The van der Waals surface area contributed by atoms with E-state index in [0.717, 1.165) is 28.2 Å². The average molecular weight is 562 g/mol. The van der Waals surface area contributed by atoms with Gasteiger partial charge in [-0.25, -0.2) is 9.97 Å². The van der Waals surface area contributed by atoms with Crippen LogP contribution >= 0.6 is 23.2 Å². The van der Waals surface area contributed by atoms with Crippen LogP contribution in [0.2, 0.25) is 10.0 Å². The number of hydrogen-bond acceptors (Lipinski definition) is 6. The van der Waals surface area contributed by atoms with E-state index in [1.807, 2.05) is 61.5 Å². The lowest BCUT2D eigenvalue weighted by Crippen LogP contribution is -2.49. The summed E-state index contributed by atoms with van der Waals surface area (Å²) in [5.74, 6) is 1.25. The lowest BCUT2D eigenvalue weighted by Gasteiger charge is -2.36. The molecule has 1 saturated heterocycles. The van der Waals surface area contributed by atoms with Crippen LogP contribution < -0.4 is 4.90 Å². The molecule has 1 aromatic heterocycles. The Bertz CT molecular complexity index is 1520. The van der Waals surface area contributed by atoms with Gasteiger partial charge in [0.2, 0.25) is 0 Å². The molecule has 0 spiro atoms. The van der Waals surface area contributed by atoms with Gasteiger partial charge in [0.25, 0.3) is 11.6 Å². The van der Waals surface area contributed by atoms with Gasteiger partial charge < -0.3 is 9.80 Å². The van der Waals surface area contributed by atoms with Crippen molar-refractivity contribution in [2.24, 2.45) is 0 Å². The molecule has 0 atom stereocenters. The van der Waals surface area contributed by atoms with Crippen LogP contribution in [0.5, 0.6) is 0 Å². The molecule has 8 nitrogen and oxygen atoms in total. The van der Waals surface area contributed by atoms with Gasteiger partial charge in [0, 0.05) is 66.6 Å². The van der Waals surface area contributed by atoms with E-state index in [1.165, 1.54) is 18.2 Å². The number of hydrogen-bond donors (Lipinski definition) is 0. The maximum absolute atomic E-state index is 13.2. The summed E-state index contributed by atoms with van der Waals surface area (Å²) in [6.07, 6.45) is 0.644. The smallest absolute Gasteiger partial charge is 0.270 e. The number of carbonyl (C=O) groups excluding carboxylic acids is 1. The number of carbonyl (C=O) groups is 1. The first-order valence-electron chi connectivity index (χ1n) is 12.5. The SMILES string of the molecule is Cc1nc(-c2ccccc2)nc(N2CCN(C(=O)c3ccc([N+](=O)[O-])cc3Cl)CC2)c1Cc1ccc(Cl)cc1. The molecule has 198 valence electrons. The molecule has 0 bridgehead atoms. The van der Waals surface area contributed by atoms with Crippen molar-refractivity contribution in [1.82, 2.24) is 14.9 Å². The monoisotopic (exact) mass is 561 g/mol. The summed E-state index contributed by atoms with van der Waals surface area (Å²) in [7, 11) is 0. The predicted octanol–water partition coefficient (Wildman–Crippen LogP) is 6.22. The van der Waals surface area contributed by atoms with E-state index in [-0.39, 0.29) is 22.2 Å². The van der Waals surface area contributed by atoms with Gasteiger partial charge in [0.1, 0.15) is 5.82 Å². The van der Waals surface area contributed by atoms with Crippen LogP contribution in [-0.4, -0.2) is 51.9 Å². The summed E-state index contributed by atoms with van der Waals surface area (Å²) < 4.78 is 0. The Morgan fingerprint density at radius 3 is 2.28 bits per heavy atom. The number of anilines is 1. The summed E-state index contributed by atoms with van der Waals surface area (Å²) in [4.78, 5) is 37.4. The number of amides is 1. The van der Waals surface area contributed by atoms with Gasteiger partial charge in [-0.1, -0.05) is 65.7 Å². The van der Waals surface area contributed by atoms with Crippen molar-refractivity contribution in [3.63, 3.8) is 0 Å². The minimum absolute atomic E-state index is 0.0702. The molecule has 1 amide bonds. The van der Waals surface area contributed by atoms with E-state index in [4.69, 9.17) is 33.2 Å². The third-order valence-electron chi connectivity index (χ3n) is 6.78. The molecule has 39 heavy (non-hydrogen) atoms. The fourth-order valence-electron chi connectivity index (χ4n) is 4.65. The minimum Gasteiger partial charge on any atom is -0.353 e. The maximum Gasteiger partial charge on any atom is 0.270 e.